The van der Waals surface area contributed by atoms with Crippen molar-refractivity contribution in [3.05, 3.63) is 77.1 Å². The molecule has 1 fully saturated rings. The number of nitrogens with zero attached hydrogens (tertiary/aromatic N) is 5. The van der Waals surface area contributed by atoms with E-state index in [1.54, 1.807) is 29.2 Å². The third-order valence-corrected chi connectivity index (χ3v) is 5.45. The Hall–Kier alpha value is -3.66. The normalized spacial score (nSPS) is 13.7. The smallest absolute Gasteiger partial charge is 0.214 e. The molecular weight excluding hydrogens is 391 g/mol. The molecule has 1 N–H and O–H groups in total. The summed E-state index contributed by atoms with van der Waals surface area (Å²) in [6.45, 7) is 6.65. The van der Waals surface area contributed by atoms with Gasteiger partial charge in [-0.1, -0.05) is 23.8 Å². The van der Waals surface area contributed by atoms with Crippen molar-refractivity contribution in [2.45, 2.75) is 46.2 Å². The Morgan fingerprint density at radius 2 is 2.06 bits per heavy atom. The number of benzene rings is 2. The average Bonchev–Trinajstić information content (AvgIpc) is 3.49. The van der Waals surface area contributed by atoms with Crippen LogP contribution in [0.3, 0.4) is 0 Å². The lowest BCUT2D eigenvalue weighted by molar-refractivity contribution is 0.401. The Bertz CT molecular complexity index is 1170. The van der Waals surface area contributed by atoms with E-state index in [-0.39, 0.29) is 5.82 Å². The van der Waals surface area contributed by atoms with Gasteiger partial charge in [-0.25, -0.2) is 9.37 Å². The monoisotopic (exact) mass is 416 g/mol. The second-order valence-electron chi connectivity index (χ2n) is 8.04. The fraction of sp³-hybridized carbons (Fsp3) is 0.292. The molecule has 0 radical (unpaired) electrons. The molecular formula is C24H25FN6. The molecule has 0 amide bonds. The second-order valence-corrected chi connectivity index (χ2v) is 8.04. The van der Waals surface area contributed by atoms with Crippen LogP contribution in [-0.4, -0.2) is 26.5 Å². The van der Waals surface area contributed by atoms with Crippen LogP contribution in [0.25, 0.3) is 5.69 Å². The van der Waals surface area contributed by atoms with E-state index in [1.165, 1.54) is 22.8 Å². The number of nitriles is 1. The molecule has 0 atom stereocenters. The van der Waals surface area contributed by atoms with E-state index in [4.69, 9.17) is 0 Å². The van der Waals surface area contributed by atoms with Gasteiger partial charge in [0, 0.05) is 24.5 Å². The Kier molecular flexibility index (Phi) is 5.72. The topological polar surface area (TPSA) is 69.2 Å². The first-order valence-electron chi connectivity index (χ1n) is 10.3. The molecule has 0 aliphatic heterocycles. The number of aliphatic imine (C=N–C) groups is 1. The van der Waals surface area contributed by atoms with Gasteiger partial charge in [-0.2, -0.15) is 5.26 Å². The molecule has 1 saturated carbocycles. The molecule has 0 spiro atoms. The van der Waals surface area contributed by atoms with E-state index in [0.717, 1.165) is 18.5 Å². The minimum absolute atomic E-state index is 0.317. The number of aryl methyl sites for hydroxylation is 3. The van der Waals surface area contributed by atoms with E-state index in [0.29, 0.717) is 29.9 Å². The van der Waals surface area contributed by atoms with E-state index in [9.17, 15) is 9.65 Å². The van der Waals surface area contributed by atoms with Crippen molar-refractivity contribution in [1.29, 1.82) is 5.26 Å². The molecule has 3 aromatic rings. The maximum absolute atomic E-state index is 14.8. The maximum Gasteiger partial charge on any atom is 0.214 e. The van der Waals surface area contributed by atoms with Crippen LogP contribution < -0.4 is 5.32 Å². The predicted octanol–water partition coefficient (Wildman–Crippen LogP) is 4.85. The summed E-state index contributed by atoms with van der Waals surface area (Å²) in [6.07, 6.45) is 7.34. The molecule has 6 nitrogen and oxygen atoms in total. The highest BCUT2D eigenvalue weighted by Gasteiger charge is 2.32. The molecule has 1 aliphatic rings. The van der Waals surface area contributed by atoms with E-state index in [1.807, 2.05) is 13.1 Å². The zero-order valence-corrected chi connectivity index (χ0v) is 17.9. The standard InChI is InChI=1S/C24H25FN6/c1-16-4-5-17(2)19(10-16)13-31(21-7-8-21)24(27-14-26)29-20-6-9-23(22(25)11-20)30-12-18(3)28-15-30/h4-6,9-12,15,21H,7-8,13H2,1-3H3,(H,27,29). The number of anilines is 1. The van der Waals surface area contributed by atoms with Gasteiger partial charge in [-0.3, -0.25) is 0 Å². The van der Waals surface area contributed by atoms with Crippen LogP contribution in [-0.2, 0) is 6.54 Å². The van der Waals surface area contributed by atoms with Gasteiger partial charge in [0.15, 0.2) is 0 Å². The van der Waals surface area contributed by atoms with Gasteiger partial charge in [0.05, 0.1) is 17.7 Å². The summed E-state index contributed by atoms with van der Waals surface area (Å²) in [5, 5.41) is 12.5. The van der Waals surface area contributed by atoms with E-state index < -0.39 is 0 Å². The fourth-order valence-corrected chi connectivity index (χ4v) is 3.60. The van der Waals surface area contributed by atoms with Gasteiger partial charge in [0.1, 0.15) is 5.82 Å². The first-order chi connectivity index (χ1) is 14.9. The van der Waals surface area contributed by atoms with Crippen LogP contribution in [0.15, 0.2) is 53.9 Å². The van der Waals surface area contributed by atoms with Crippen molar-refractivity contribution in [2.75, 3.05) is 5.32 Å². The zero-order valence-electron chi connectivity index (χ0n) is 17.9. The van der Waals surface area contributed by atoms with Crippen molar-refractivity contribution in [3.8, 4) is 11.9 Å². The maximum atomic E-state index is 14.8. The average molecular weight is 417 g/mol. The number of hydrogen-bond donors (Lipinski definition) is 1. The Labute approximate surface area is 181 Å². The van der Waals surface area contributed by atoms with Crippen LogP contribution in [0.5, 0.6) is 0 Å². The number of halogens is 1. The third kappa shape index (κ3) is 4.75. The van der Waals surface area contributed by atoms with E-state index in [2.05, 4.69) is 52.2 Å². The van der Waals surface area contributed by atoms with Gasteiger partial charge in [0.25, 0.3) is 0 Å². The van der Waals surface area contributed by atoms with Crippen LogP contribution in [0, 0.1) is 38.0 Å². The van der Waals surface area contributed by atoms with Crippen LogP contribution >= 0.6 is 0 Å². The summed E-state index contributed by atoms with van der Waals surface area (Å²) in [7, 11) is 0. The molecule has 0 saturated heterocycles. The zero-order chi connectivity index (χ0) is 22.0. The highest BCUT2D eigenvalue weighted by atomic mass is 19.1. The third-order valence-electron chi connectivity index (χ3n) is 5.45. The molecule has 158 valence electrons. The molecule has 1 aromatic heterocycles. The number of hydrogen-bond acceptors (Lipinski definition) is 3. The highest BCUT2D eigenvalue weighted by Crippen LogP contribution is 2.30. The van der Waals surface area contributed by atoms with Gasteiger partial charge < -0.3 is 14.8 Å². The highest BCUT2D eigenvalue weighted by molar-refractivity contribution is 5.94. The van der Waals surface area contributed by atoms with Crippen molar-refractivity contribution in [3.63, 3.8) is 0 Å². The molecule has 2 aromatic carbocycles. The molecule has 0 unspecified atom stereocenters. The number of imidazole rings is 1. The Balaban J connectivity index is 1.59. The summed E-state index contributed by atoms with van der Waals surface area (Å²) >= 11 is 0. The second kappa shape index (κ2) is 8.60. The van der Waals surface area contributed by atoms with Crippen molar-refractivity contribution in [2.24, 2.45) is 4.99 Å². The minimum Gasteiger partial charge on any atom is -0.334 e. The lowest BCUT2D eigenvalue weighted by Gasteiger charge is -2.27. The predicted molar refractivity (Wildman–Crippen MR) is 119 cm³/mol. The number of rotatable bonds is 5. The van der Waals surface area contributed by atoms with Gasteiger partial charge in [0.2, 0.25) is 12.2 Å². The molecule has 4 rings (SSSR count). The summed E-state index contributed by atoms with van der Waals surface area (Å²) < 4.78 is 16.4. The van der Waals surface area contributed by atoms with Crippen molar-refractivity contribution < 1.29 is 4.39 Å². The largest absolute Gasteiger partial charge is 0.334 e. The lowest BCUT2D eigenvalue weighted by Crippen LogP contribution is -2.37. The van der Waals surface area contributed by atoms with E-state index >= 15 is 0 Å². The van der Waals surface area contributed by atoms with Gasteiger partial charge in [-0.05, 0) is 62.9 Å². The molecule has 1 aliphatic carbocycles. The van der Waals surface area contributed by atoms with Gasteiger partial charge in [-0.15, -0.1) is 4.99 Å². The van der Waals surface area contributed by atoms with Crippen LogP contribution in [0.2, 0.25) is 0 Å². The van der Waals surface area contributed by atoms with Gasteiger partial charge >= 0.3 is 0 Å². The summed E-state index contributed by atoms with van der Waals surface area (Å²) in [5.41, 5.74) is 5.35. The molecule has 0 bridgehead atoms. The molecule has 7 heteroatoms. The minimum atomic E-state index is -0.383. The number of nitrogens with one attached hydrogen (secondary N) is 1. The lowest BCUT2D eigenvalue weighted by atomic mass is 10.1. The Morgan fingerprint density at radius 1 is 1.26 bits per heavy atom. The first kappa shape index (κ1) is 20.6. The fourth-order valence-electron chi connectivity index (χ4n) is 3.60. The summed E-state index contributed by atoms with van der Waals surface area (Å²) in [4.78, 5) is 10.3. The SMILES string of the molecule is Cc1ccc(C)c(CN(/C(=N\C#N)Nc2ccc(-n3cnc(C)c3)c(F)c2)C2CC2)c1. The summed E-state index contributed by atoms with van der Waals surface area (Å²) in [5.74, 6) is 0.0581. The molecule has 1 heterocycles. The number of guanidine groups is 1. The van der Waals surface area contributed by atoms with Crippen molar-refractivity contribution >= 4 is 11.6 Å². The quantitative estimate of drug-likeness (QED) is 0.367. The van der Waals surface area contributed by atoms with Crippen LogP contribution in [0.4, 0.5) is 10.1 Å². The summed E-state index contributed by atoms with van der Waals surface area (Å²) in [6, 6.07) is 11.6. The first-order valence-corrected chi connectivity index (χ1v) is 10.3. The number of aromatic nitrogens is 2. The van der Waals surface area contributed by atoms with Crippen molar-refractivity contribution in [1.82, 2.24) is 14.5 Å². The molecule has 31 heavy (non-hydrogen) atoms. The Morgan fingerprint density at radius 3 is 2.71 bits per heavy atom. The van der Waals surface area contributed by atoms with Crippen LogP contribution in [0.1, 0.15) is 35.2 Å².